The van der Waals surface area contributed by atoms with Gasteiger partial charge in [0.15, 0.2) is 13.2 Å². The summed E-state index contributed by atoms with van der Waals surface area (Å²) in [5, 5.41) is 0. The molecule has 2 aliphatic heterocycles. The van der Waals surface area contributed by atoms with Crippen LogP contribution in [0.1, 0.15) is 93.2 Å². The summed E-state index contributed by atoms with van der Waals surface area (Å²) in [6, 6.07) is 16.3. The van der Waals surface area contributed by atoms with Crippen molar-refractivity contribution < 1.29 is 19.1 Å². The topological polar surface area (TPSA) is 65.6 Å². The Labute approximate surface area is 327 Å². The zero-order valence-electron chi connectivity index (χ0n) is 35.1. The van der Waals surface area contributed by atoms with Crippen LogP contribution >= 0.6 is 0 Å². The Morgan fingerprint density at radius 1 is 0.537 bits per heavy atom. The number of hydrogen-bond donors (Lipinski definition) is 0. The number of hydrogen-bond acceptors (Lipinski definition) is 6. The van der Waals surface area contributed by atoms with E-state index in [1.54, 1.807) is 0 Å². The predicted molar refractivity (Wildman–Crippen MR) is 222 cm³/mol. The number of ether oxygens (including phenoxy) is 2. The van der Waals surface area contributed by atoms with Crippen LogP contribution in [-0.4, -0.2) is 110 Å². The zero-order valence-corrected chi connectivity index (χ0v) is 35.1. The molecule has 2 amide bonds. The molecule has 54 heavy (non-hydrogen) atoms. The monoisotopic (exact) mass is 741 g/mol. The smallest absolute Gasteiger partial charge is 0.260 e. The molecule has 0 saturated carbocycles. The minimum Gasteiger partial charge on any atom is -0.484 e. The molecule has 8 nitrogen and oxygen atoms in total. The Kier molecular flexibility index (Phi) is 16.1. The van der Waals surface area contributed by atoms with E-state index in [0.29, 0.717) is 39.3 Å². The van der Waals surface area contributed by atoms with E-state index in [0.717, 1.165) is 50.5 Å². The molecule has 2 heterocycles. The molecule has 296 valence electrons. The third kappa shape index (κ3) is 15.0. The van der Waals surface area contributed by atoms with E-state index in [2.05, 4.69) is 115 Å². The molecule has 2 aromatic rings. The summed E-state index contributed by atoms with van der Waals surface area (Å²) >= 11 is 0. The molecular formula is C46H68N4O4. The maximum Gasteiger partial charge on any atom is 0.260 e. The van der Waals surface area contributed by atoms with Gasteiger partial charge in [0.1, 0.15) is 11.5 Å². The van der Waals surface area contributed by atoms with Crippen molar-refractivity contribution in [1.82, 2.24) is 19.6 Å². The van der Waals surface area contributed by atoms with Crippen LogP contribution < -0.4 is 9.47 Å². The van der Waals surface area contributed by atoms with E-state index in [-0.39, 0.29) is 46.7 Å². The fourth-order valence-electron chi connectivity index (χ4n) is 7.90. The van der Waals surface area contributed by atoms with Crippen molar-refractivity contribution in [1.29, 1.82) is 0 Å². The van der Waals surface area contributed by atoms with E-state index in [1.807, 2.05) is 34.1 Å². The first-order valence-electron chi connectivity index (χ1n) is 19.6. The van der Waals surface area contributed by atoms with Gasteiger partial charge in [-0.25, -0.2) is 0 Å². The first-order valence-corrected chi connectivity index (χ1v) is 19.6. The second-order valence-corrected chi connectivity index (χ2v) is 18.6. The summed E-state index contributed by atoms with van der Waals surface area (Å²) in [5.74, 6) is 6.86. The second-order valence-electron chi connectivity index (χ2n) is 18.6. The highest BCUT2D eigenvalue weighted by atomic mass is 16.5. The molecule has 2 aromatic carbocycles. The number of nitrogens with zero attached hydrogens (tertiary/aromatic N) is 4. The van der Waals surface area contributed by atoms with Crippen molar-refractivity contribution in [2.24, 2.45) is 10.8 Å². The number of terminal acetylenes is 2. The average Bonchev–Trinajstić information content (AvgIpc) is 3.09. The van der Waals surface area contributed by atoms with Gasteiger partial charge >= 0.3 is 0 Å². The molecule has 2 fully saturated rings. The maximum atomic E-state index is 12.4. The minimum absolute atomic E-state index is 0.0347. The Morgan fingerprint density at radius 2 is 0.833 bits per heavy atom. The summed E-state index contributed by atoms with van der Waals surface area (Å²) < 4.78 is 11.5. The SMILES string of the molecule is C#CCN1CCN(C(=O)COc2ccc(C(C)(C)CC(C)(C)C)cc2)CC1.C#CCN1CCN(C(=O)COc2ccc(C(C)(C)CC(C)(C)C)cc2)CC1. The zero-order chi connectivity index (χ0) is 40.2. The highest BCUT2D eigenvalue weighted by Gasteiger charge is 2.29. The standard InChI is InChI=1S/2C23H34N2O2/c2*1-7-12-24-13-15-25(16-14-24)21(26)17-27-20-10-8-19(9-11-20)23(5,6)18-22(2,3)4/h2*1,8-11H,12-18H2,2-6H3. The fourth-order valence-corrected chi connectivity index (χ4v) is 7.90. The number of rotatable bonds is 12. The Morgan fingerprint density at radius 3 is 1.09 bits per heavy atom. The molecule has 2 aliphatic rings. The van der Waals surface area contributed by atoms with Crippen LogP contribution in [-0.2, 0) is 20.4 Å². The van der Waals surface area contributed by atoms with E-state index < -0.39 is 0 Å². The molecule has 0 bridgehead atoms. The molecule has 8 heteroatoms. The molecule has 0 unspecified atom stereocenters. The van der Waals surface area contributed by atoms with Crippen molar-refractivity contribution in [3.05, 3.63) is 59.7 Å². The quantitative estimate of drug-likeness (QED) is 0.216. The highest BCUT2D eigenvalue weighted by Crippen LogP contribution is 2.38. The second kappa shape index (κ2) is 19.6. The number of benzene rings is 2. The van der Waals surface area contributed by atoms with Crippen molar-refractivity contribution in [3.8, 4) is 36.2 Å². The van der Waals surface area contributed by atoms with E-state index in [4.69, 9.17) is 22.3 Å². The van der Waals surface area contributed by atoms with Crippen molar-refractivity contribution in [2.75, 3.05) is 78.7 Å². The molecular weight excluding hydrogens is 673 g/mol. The first-order chi connectivity index (χ1) is 25.2. The average molecular weight is 741 g/mol. The maximum absolute atomic E-state index is 12.4. The molecule has 0 aliphatic carbocycles. The van der Waals surface area contributed by atoms with E-state index in [9.17, 15) is 9.59 Å². The van der Waals surface area contributed by atoms with Crippen molar-refractivity contribution in [3.63, 3.8) is 0 Å². The summed E-state index contributed by atoms with van der Waals surface area (Å²) in [7, 11) is 0. The molecule has 0 spiro atoms. The molecule has 0 radical (unpaired) electrons. The lowest BCUT2D eigenvalue weighted by Gasteiger charge is -2.33. The summed E-state index contributed by atoms with van der Waals surface area (Å²) in [4.78, 5) is 32.8. The van der Waals surface area contributed by atoms with E-state index in [1.165, 1.54) is 11.1 Å². The van der Waals surface area contributed by atoms with Crippen LogP contribution in [0.2, 0.25) is 0 Å². The molecule has 0 atom stereocenters. The van der Waals surface area contributed by atoms with Gasteiger partial charge in [-0.3, -0.25) is 19.4 Å². The third-order valence-electron chi connectivity index (χ3n) is 10.0. The van der Waals surface area contributed by atoms with Gasteiger partial charge in [0, 0.05) is 52.4 Å². The van der Waals surface area contributed by atoms with Gasteiger partial charge in [-0.05, 0) is 69.9 Å². The van der Waals surface area contributed by atoms with Crippen LogP contribution in [0.25, 0.3) is 0 Å². The predicted octanol–water partition coefficient (Wildman–Crippen LogP) is 7.11. The number of carbonyl (C=O) groups is 2. The highest BCUT2D eigenvalue weighted by molar-refractivity contribution is 5.78. The molecule has 0 aromatic heterocycles. The van der Waals surface area contributed by atoms with Gasteiger partial charge in [-0.15, -0.1) is 12.8 Å². The summed E-state index contributed by atoms with van der Waals surface area (Å²) in [6.45, 7) is 30.3. The Balaban J connectivity index is 0.000000290. The van der Waals surface area contributed by atoms with Crippen LogP contribution in [0.3, 0.4) is 0 Å². The number of piperazine rings is 2. The van der Waals surface area contributed by atoms with Crippen LogP contribution in [0.15, 0.2) is 48.5 Å². The largest absolute Gasteiger partial charge is 0.484 e. The van der Waals surface area contributed by atoms with Gasteiger partial charge in [-0.1, -0.05) is 105 Å². The first kappa shape index (κ1) is 44.4. The minimum atomic E-state index is 0.0347. The lowest BCUT2D eigenvalue weighted by Crippen LogP contribution is -2.49. The van der Waals surface area contributed by atoms with Gasteiger partial charge in [0.05, 0.1) is 13.1 Å². The van der Waals surface area contributed by atoms with E-state index >= 15 is 0 Å². The summed E-state index contributed by atoms with van der Waals surface area (Å²) in [6.07, 6.45) is 12.9. The normalized spacial score (nSPS) is 16.1. The lowest BCUT2D eigenvalue weighted by atomic mass is 9.72. The molecule has 4 rings (SSSR count). The lowest BCUT2D eigenvalue weighted by molar-refractivity contribution is -0.135. The third-order valence-corrected chi connectivity index (χ3v) is 10.0. The van der Waals surface area contributed by atoms with Crippen molar-refractivity contribution >= 4 is 11.8 Å². The van der Waals surface area contributed by atoms with Crippen LogP contribution in [0, 0.1) is 35.5 Å². The van der Waals surface area contributed by atoms with Crippen molar-refractivity contribution in [2.45, 2.75) is 92.9 Å². The Hall–Kier alpha value is -3.98. The summed E-state index contributed by atoms with van der Waals surface area (Å²) in [5.41, 5.74) is 3.33. The van der Waals surface area contributed by atoms with Gasteiger partial charge in [-0.2, -0.15) is 0 Å². The molecule has 0 N–H and O–H groups in total. The number of carbonyl (C=O) groups excluding carboxylic acids is 2. The van der Waals surface area contributed by atoms with Gasteiger partial charge in [0.2, 0.25) is 0 Å². The fraction of sp³-hybridized carbons (Fsp3) is 0.609. The van der Waals surface area contributed by atoms with Crippen LogP contribution in [0.4, 0.5) is 0 Å². The van der Waals surface area contributed by atoms with Crippen LogP contribution in [0.5, 0.6) is 11.5 Å². The Bertz CT molecular complexity index is 1430. The number of amides is 2. The molecule has 2 saturated heterocycles. The van der Waals surface area contributed by atoms with Gasteiger partial charge in [0.25, 0.3) is 11.8 Å². The van der Waals surface area contributed by atoms with Gasteiger partial charge < -0.3 is 19.3 Å².